The SMILES string of the molecule is Cc1ccc(F)c(-c2cc(Cl)c(C(C)(C)O)cn2)c1. The van der Waals surface area contributed by atoms with E-state index in [4.69, 9.17) is 11.6 Å². The van der Waals surface area contributed by atoms with E-state index in [0.29, 0.717) is 21.8 Å². The zero-order valence-corrected chi connectivity index (χ0v) is 11.8. The Hall–Kier alpha value is -1.45. The number of aromatic nitrogens is 1. The molecule has 2 rings (SSSR count). The van der Waals surface area contributed by atoms with Crippen LogP contribution < -0.4 is 0 Å². The van der Waals surface area contributed by atoms with Gasteiger partial charge in [-0.15, -0.1) is 0 Å². The number of rotatable bonds is 2. The average molecular weight is 280 g/mol. The van der Waals surface area contributed by atoms with Crippen LogP contribution in [0, 0.1) is 12.7 Å². The van der Waals surface area contributed by atoms with Crippen molar-refractivity contribution in [1.82, 2.24) is 4.98 Å². The average Bonchev–Trinajstić information content (AvgIpc) is 2.30. The summed E-state index contributed by atoms with van der Waals surface area (Å²) in [7, 11) is 0. The summed E-state index contributed by atoms with van der Waals surface area (Å²) in [6.45, 7) is 5.14. The summed E-state index contributed by atoms with van der Waals surface area (Å²) in [6, 6.07) is 6.40. The molecule has 0 bridgehead atoms. The van der Waals surface area contributed by atoms with Crippen molar-refractivity contribution in [3.8, 4) is 11.3 Å². The molecule has 0 aliphatic carbocycles. The maximum Gasteiger partial charge on any atom is 0.132 e. The fourth-order valence-corrected chi connectivity index (χ4v) is 2.25. The van der Waals surface area contributed by atoms with E-state index >= 15 is 0 Å². The second kappa shape index (κ2) is 4.91. The Morgan fingerprint density at radius 3 is 2.53 bits per heavy atom. The summed E-state index contributed by atoms with van der Waals surface area (Å²) in [6.07, 6.45) is 1.49. The Bertz CT molecular complexity index is 620. The van der Waals surface area contributed by atoms with Crippen LogP contribution in [0.4, 0.5) is 4.39 Å². The molecule has 1 N–H and O–H groups in total. The van der Waals surface area contributed by atoms with Gasteiger partial charge in [-0.05, 0) is 39.0 Å². The molecular formula is C15H15ClFNO. The molecule has 0 saturated heterocycles. The van der Waals surface area contributed by atoms with E-state index in [1.807, 2.05) is 6.92 Å². The lowest BCUT2D eigenvalue weighted by Gasteiger charge is -2.19. The van der Waals surface area contributed by atoms with Crippen molar-refractivity contribution in [1.29, 1.82) is 0 Å². The molecule has 0 amide bonds. The van der Waals surface area contributed by atoms with E-state index in [9.17, 15) is 9.50 Å². The Morgan fingerprint density at radius 1 is 1.26 bits per heavy atom. The van der Waals surface area contributed by atoms with Gasteiger partial charge in [0.15, 0.2) is 0 Å². The van der Waals surface area contributed by atoms with Crippen LogP contribution in [0.5, 0.6) is 0 Å². The topological polar surface area (TPSA) is 33.1 Å². The predicted octanol–water partition coefficient (Wildman–Crippen LogP) is 4.08. The quantitative estimate of drug-likeness (QED) is 0.899. The van der Waals surface area contributed by atoms with Crippen molar-refractivity contribution in [2.75, 3.05) is 0 Å². The number of hydrogen-bond acceptors (Lipinski definition) is 2. The van der Waals surface area contributed by atoms with Gasteiger partial charge in [0.25, 0.3) is 0 Å². The number of hydrogen-bond donors (Lipinski definition) is 1. The third-order valence-corrected chi connectivity index (χ3v) is 3.22. The summed E-state index contributed by atoms with van der Waals surface area (Å²) in [5, 5.41) is 10.3. The van der Waals surface area contributed by atoms with Crippen molar-refractivity contribution >= 4 is 11.6 Å². The lowest BCUT2D eigenvalue weighted by Crippen LogP contribution is -2.16. The van der Waals surface area contributed by atoms with Gasteiger partial charge < -0.3 is 5.11 Å². The van der Waals surface area contributed by atoms with Crippen LogP contribution in [0.15, 0.2) is 30.5 Å². The first-order valence-electron chi connectivity index (χ1n) is 5.94. The maximum atomic E-state index is 13.8. The molecule has 2 nitrogen and oxygen atoms in total. The number of aryl methyl sites for hydroxylation is 1. The summed E-state index contributed by atoms with van der Waals surface area (Å²) in [4.78, 5) is 4.19. The summed E-state index contributed by atoms with van der Waals surface area (Å²) in [5.74, 6) is -0.342. The Balaban J connectivity index is 2.54. The van der Waals surface area contributed by atoms with Crippen molar-refractivity contribution in [2.45, 2.75) is 26.4 Å². The van der Waals surface area contributed by atoms with E-state index < -0.39 is 5.60 Å². The van der Waals surface area contributed by atoms with Gasteiger partial charge in [0, 0.05) is 17.3 Å². The molecular weight excluding hydrogens is 265 g/mol. The van der Waals surface area contributed by atoms with Gasteiger partial charge in [0.2, 0.25) is 0 Å². The van der Waals surface area contributed by atoms with E-state index in [2.05, 4.69) is 4.98 Å². The minimum atomic E-state index is -1.08. The van der Waals surface area contributed by atoms with Gasteiger partial charge >= 0.3 is 0 Å². The molecule has 4 heteroatoms. The Labute approximate surface area is 116 Å². The van der Waals surface area contributed by atoms with Gasteiger partial charge in [0.05, 0.1) is 16.3 Å². The number of nitrogens with zero attached hydrogens (tertiary/aromatic N) is 1. The number of aliphatic hydroxyl groups is 1. The first-order chi connectivity index (χ1) is 8.79. The van der Waals surface area contributed by atoms with Gasteiger partial charge in [-0.2, -0.15) is 0 Å². The third-order valence-electron chi connectivity index (χ3n) is 2.91. The van der Waals surface area contributed by atoms with Crippen LogP contribution in [0.25, 0.3) is 11.3 Å². The molecule has 1 aromatic carbocycles. The van der Waals surface area contributed by atoms with Gasteiger partial charge in [-0.3, -0.25) is 4.98 Å². The smallest absolute Gasteiger partial charge is 0.132 e. The number of benzene rings is 1. The molecule has 2 aromatic rings. The van der Waals surface area contributed by atoms with Crippen LogP contribution in [0.1, 0.15) is 25.0 Å². The van der Waals surface area contributed by atoms with Crippen molar-refractivity contribution in [2.24, 2.45) is 0 Å². The molecule has 0 spiro atoms. The maximum absolute atomic E-state index is 13.8. The fourth-order valence-electron chi connectivity index (χ4n) is 1.86. The summed E-state index contributed by atoms with van der Waals surface area (Å²) < 4.78 is 13.8. The standard InChI is InChI=1S/C15H15ClFNO/c1-9-4-5-13(17)10(6-9)14-7-12(16)11(8-18-14)15(2,3)19/h4-8,19H,1-3H3. The van der Waals surface area contributed by atoms with E-state index in [1.165, 1.54) is 12.3 Å². The molecule has 0 aliphatic rings. The highest BCUT2D eigenvalue weighted by atomic mass is 35.5. The summed E-state index contributed by atoms with van der Waals surface area (Å²) >= 11 is 6.13. The highest BCUT2D eigenvalue weighted by Crippen LogP contribution is 2.31. The molecule has 100 valence electrons. The Kier molecular flexibility index (Phi) is 3.61. The first kappa shape index (κ1) is 14.0. The predicted molar refractivity (Wildman–Crippen MR) is 74.6 cm³/mol. The van der Waals surface area contributed by atoms with E-state index in [1.54, 1.807) is 32.0 Å². The first-order valence-corrected chi connectivity index (χ1v) is 6.32. The molecule has 1 aromatic heterocycles. The van der Waals surface area contributed by atoms with Gasteiger partial charge in [-0.25, -0.2) is 4.39 Å². The largest absolute Gasteiger partial charge is 0.386 e. The fraction of sp³-hybridized carbons (Fsp3) is 0.267. The number of pyridine rings is 1. The molecule has 0 fully saturated rings. The molecule has 0 radical (unpaired) electrons. The lowest BCUT2D eigenvalue weighted by atomic mass is 9.99. The molecule has 0 unspecified atom stereocenters. The van der Waals surface area contributed by atoms with Crippen molar-refractivity contribution in [3.63, 3.8) is 0 Å². The molecule has 0 aliphatic heterocycles. The molecule has 1 heterocycles. The van der Waals surface area contributed by atoms with Crippen LogP contribution in [0.3, 0.4) is 0 Å². The van der Waals surface area contributed by atoms with Gasteiger partial charge in [0.1, 0.15) is 5.82 Å². The van der Waals surface area contributed by atoms with Crippen LogP contribution in [0.2, 0.25) is 5.02 Å². The zero-order valence-electron chi connectivity index (χ0n) is 11.0. The van der Waals surface area contributed by atoms with Crippen molar-refractivity contribution in [3.05, 3.63) is 52.4 Å². The normalized spacial score (nSPS) is 11.7. The van der Waals surface area contributed by atoms with Crippen LogP contribution >= 0.6 is 11.6 Å². The highest BCUT2D eigenvalue weighted by molar-refractivity contribution is 6.31. The van der Waals surface area contributed by atoms with E-state index in [0.717, 1.165) is 5.56 Å². The minimum absolute atomic E-state index is 0.342. The second-order valence-corrected chi connectivity index (χ2v) is 5.50. The van der Waals surface area contributed by atoms with Crippen LogP contribution in [-0.4, -0.2) is 10.1 Å². The lowest BCUT2D eigenvalue weighted by molar-refractivity contribution is 0.0784. The highest BCUT2D eigenvalue weighted by Gasteiger charge is 2.21. The second-order valence-electron chi connectivity index (χ2n) is 5.09. The summed E-state index contributed by atoms with van der Waals surface area (Å²) in [5.41, 5.74) is 1.25. The third kappa shape index (κ3) is 2.94. The number of halogens is 2. The molecule has 0 atom stereocenters. The molecule has 19 heavy (non-hydrogen) atoms. The van der Waals surface area contributed by atoms with Gasteiger partial charge in [-0.1, -0.05) is 23.2 Å². The molecule has 0 saturated carbocycles. The van der Waals surface area contributed by atoms with Crippen LogP contribution in [-0.2, 0) is 5.60 Å². The zero-order chi connectivity index (χ0) is 14.2. The Morgan fingerprint density at radius 2 is 1.95 bits per heavy atom. The minimum Gasteiger partial charge on any atom is -0.386 e. The van der Waals surface area contributed by atoms with Crippen molar-refractivity contribution < 1.29 is 9.50 Å². The van der Waals surface area contributed by atoms with E-state index in [-0.39, 0.29) is 5.82 Å². The monoisotopic (exact) mass is 279 g/mol.